The minimum atomic E-state index is -4.07. The molecule has 0 bridgehead atoms. The summed E-state index contributed by atoms with van der Waals surface area (Å²) in [6, 6.07) is 21.8. The minimum Gasteiger partial charge on any atom is -0.492 e. The molecule has 3 aromatic carbocycles. The third-order valence-electron chi connectivity index (χ3n) is 4.77. The van der Waals surface area contributed by atoms with Gasteiger partial charge in [0.25, 0.3) is 0 Å². The highest BCUT2D eigenvalue weighted by Gasteiger charge is 2.27. The van der Waals surface area contributed by atoms with Crippen LogP contribution >= 0.6 is 11.6 Å². The summed E-state index contributed by atoms with van der Waals surface area (Å²) in [5.41, 5.74) is 1.77. The fourth-order valence-corrected chi connectivity index (χ4v) is 4.84. The number of hydrogen-bond acceptors (Lipinski definition) is 4. The Morgan fingerprint density at radius 2 is 1.53 bits per heavy atom. The molecule has 0 heterocycles. The predicted molar refractivity (Wildman–Crippen MR) is 125 cm³/mol. The summed E-state index contributed by atoms with van der Waals surface area (Å²) in [5, 5.41) is 3.20. The van der Waals surface area contributed by atoms with Crippen molar-refractivity contribution in [2.45, 2.75) is 30.8 Å². The van der Waals surface area contributed by atoms with Gasteiger partial charge >= 0.3 is 0 Å². The number of carbonyl (C=O) groups is 1. The number of nitrogens with one attached hydrogen (secondary N) is 2. The van der Waals surface area contributed by atoms with Crippen LogP contribution in [-0.2, 0) is 14.8 Å². The maximum Gasteiger partial charge on any atom is 0.245 e. The molecule has 0 spiro atoms. The van der Waals surface area contributed by atoms with Crippen LogP contribution in [0.2, 0.25) is 5.02 Å². The van der Waals surface area contributed by atoms with Crippen molar-refractivity contribution in [1.82, 2.24) is 10.0 Å². The summed E-state index contributed by atoms with van der Waals surface area (Å²) < 4.78 is 33.8. The Bertz CT molecular complexity index is 1120. The normalized spacial score (nSPS) is 12.4. The van der Waals surface area contributed by atoms with Gasteiger partial charge in [-0.15, -0.1) is 0 Å². The first-order valence-corrected chi connectivity index (χ1v) is 12.0. The van der Waals surface area contributed by atoms with E-state index in [1.807, 2.05) is 60.7 Å². The van der Waals surface area contributed by atoms with Gasteiger partial charge < -0.3 is 10.1 Å². The Labute approximate surface area is 193 Å². The highest BCUT2D eigenvalue weighted by atomic mass is 35.5. The summed E-state index contributed by atoms with van der Waals surface area (Å²) in [7, 11) is -4.07. The van der Waals surface area contributed by atoms with Crippen LogP contribution in [0.15, 0.2) is 83.8 Å². The number of benzene rings is 3. The van der Waals surface area contributed by atoms with Gasteiger partial charge in [0.05, 0.1) is 18.7 Å². The monoisotopic (exact) mass is 472 g/mol. The van der Waals surface area contributed by atoms with Gasteiger partial charge in [0, 0.05) is 5.02 Å². The molecule has 6 nitrogen and oxygen atoms in total. The van der Waals surface area contributed by atoms with Crippen LogP contribution in [0, 0.1) is 0 Å². The Kier molecular flexibility index (Phi) is 7.90. The van der Waals surface area contributed by atoms with Crippen molar-refractivity contribution < 1.29 is 17.9 Å². The molecule has 8 heteroatoms. The Hall–Kier alpha value is -2.87. The molecule has 0 saturated carbocycles. The second-order valence-electron chi connectivity index (χ2n) is 7.13. The lowest BCUT2D eigenvalue weighted by atomic mass is 9.98. The van der Waals surface area contributed by atoms with E-state index in [1.54, 1.807) is 13.0 Å². The molecule has 32 heavy (non-hydrogen) atoms. The number of amides is 1. The molecule has 0 aromatic heterocycles. The lowest BCUT2D eigenvalue weighted by Crippen LogP contribution is -2.46. The van der Waals surface area contributed by atoms with E-state index in [9.17, 15) is 13.2 Å². The molecule has 0 radical (unpaired) electrons. The largest absolute Gasteiger partial charge is 0.492 e. The molecule has 3 rings (SSSR count). The van der Waals surface area contributed by atoms with Gasteiger partial charge in [-0.2, -0.15) is 4.72 Å². The fraction of sp³-hybridized carbons (Fsp3) is 0.208. The van der Waals surface area contributed by atoms with Gasteiger partial charge in [-0.1, -0.05) is 72.3 Å². The Morgan fingerprint density at radius 1 is 0.969 bits per heavy atom. The zero-order chi connectivity index (χ0) is 23.1. The number of ether oxygens (including phenoxy) is 1. The van der Waals surface area contributed by atoms with Crippen LogP contribution in [0.1, 0.15) is 31.0 Å². The second kappa shape index (κ2) is 10.6. The topological polar surface area (TPSA) is 84.5 Å². The number of carbonyl (C=O) groups excluding carboxylic acids is 1. The van der Waals surface area contributed by atoms with E-state index in [-0.39, 0.29) is 22.3 Å². The molecule has 0 aliphatic carbocycles. The van der Waals surface area contributed by atoms with Crippen LogP contribution < -0.4 is 14.8 Å². The molecule has 0 aliphatic rings. The van der Waals surface area contributed by atoms with Crippen molar-refractivity contribution in [3.63, 3.8) is 0 Å². The van der Waals surface area contributed by atoms with E-state index in [4.69, 9.17) is 16.3 Å². The molecule has 2 N–H and O–H groups in total. The highest BCUT2D eigenvalue weighted by molar-refractivity contribution is 7.89. The van der Waals surface area contributed by atoms with Gasteiger partial charge in [-0.3, -0.25) is 4.79 Å². The summed E-state index contributed by atoms with van der Waals surface area (Å²) >= 11 is 6.00. The highest BCUT2D eigenvalue weighted by Crippen LogP contribution is 2.28. The summed E-state index contributed by atoms with van der Waals surface area (Å²) in [4.78, 5) is 12.9. The average molecular weight is 473 g/mol. The molecular formula is C24H25ClN2O4S. The first-order valence-electron chi connectivity index (χ1n) is 10.2. The van der Waals surface area contributed by atoms with E-state index in [0.29, 0.717) is 0 Å². The van der Waals surface area contributed by atoms with E-state index < -0.39 is 28.0 Å². The molecule has 0 aliphatic heterocycles. The van der Waals surface area contributed by atoms with E-state index in [2.05, 4.69) is 10.0 Å². The molecule has 0 saturated heterocycles. The maximum absolute atomic E-state index is 13.0. The van der Waals surface area contributed by atoms with Gasteiger partial charge in [-0.05, 0) is 43.2 Å². The third-order valence-corrected chi connectivity index (χ3v) is 6.57. The quantitative estimate of drug-likeness (QED) is 0.486. The molecule has 1 amide bonds. The lowest BCUT2D eigenvalue weighted by Gasteiger charge is -2.23. The predicted octanol–water partition coefficient (Wildman–Crippen LogP) is 4.31. The Morgan fingerprint density at radius 3 is 2.06 bits per heavy atom. The smallest absolute Gasteiger partial charge is 0.245 e. The van der Waals surface area contributed by atoms with E-state index in [1.165, 1.54) is 19.1 Å². The summed E-state index contributed by atoms with van der Waals surface area (Å²) in [6.45, 7) is 3.53. The Balaban J connectivity index is 1.82. The first-order chi connectivity index (χ1) is 15.3. The van der Waals surface area contributed by atoms with Crippen molar-refractivity contribution in [2.24, 2.45) is 0 Å². The van der Waals surface area contributed by atoms with E-state index in [0.717, 1.165) is 11.1 Å². The molecule has 168 valence electrons. The van der Waals surface area contributed by atoms with Crippen LogP contribution in [0.3, 0.4) is 0 Å². The SMILES string of the molecule is CCOc1ccc(Cl)cc1S(=O)(=O)NC(C)C(=O)NC(c1ccccc1)c1ccccc1. The molecule has 3 aromatic rings. The minimum absolute atomic E-state index is 0.117. The number of rotatable bonds is 9. The van der Waals surface area contributed by atoms with Crippen LogP contribution in [0.25, 0.3) is 0 Å². The zero-order valence-corrected chi connectivity index (χ0v) is 19.4. The molecule has 1 atom stereocenters. The van der Waals surface area contributed by atoms with Crippen molar-refractivity contribution >= 4 is 27.5 Å². The molecule has 1 unspecified atom stereocenters. The van der Waals surface area contributed by atoms with Crippen molar-refractivity contribution in [2.75, 3.05) is 6.61 Å². The van der Waals surface area contributed by atoms with Gasteiger partial charge in [-0.25, -0.2) is 8.42 Å². The second-order valence-corrected chi connectivity index (χ2v) is 9.25. The fourth-order valence-electron chi connectivity index (χ4n) is 3.23. The number of sulfonamides is 1. The van der Waals surface area contributed by atoms with Gasteiger partial charge in [0.15, 0.2) is 0 Å². The van der Waals surface area contributed by atoms with Crippen molar-refractivity contribution in [1.29, 1.82) is 0 Å². The van der Waals surface area contributed by atoms with Crippen molar-refractivity contribution in [3.8, 4) is 5.75 Å². The molecular weight excluding hydrogens is 448 g/mol. The average Bonchev–Trinajstić information content (AvgIpc) is 2.79. The number of halogens is 1. The molecule has 0 fully saturated rings. The zero-order valence-electron chi connectivity index (χ0n) is 17.8. The van der Waals surface area contributed by atoms with Crippen LogP contribution in [0.5, 0.6) is 5.75 Å². The third kappa shape index (κ3) is 5.88. The standard InChI is InChI=1S/C24H25ClN2O4S/c1-3-31-21-15-14-20(25)16-22(21)32(29,30)27-17(2)24(28)26-23(18-10-6-4-7-11-18)19-12-8-5-9-13-19/h4-17,23,27H,3H2,1-2H3,(H,26,28). The van der Waals surface area contributed by atoms with Gasteiger partial charge in [0.2, 0.25) is 15.9 Å². The number of hydrogen-bond donors (Lipinski definition) is 2. The van der Waals surface area contributed by atoms with Crippen molar-refractivity contribution in [3.05, 3.63) is 95.0 Å². The van der Waals surface area contributed by atoms with E-state index >= 15 is 0 Å². The summed E-state index contributed by atoms with van der Waals surface area (Å²) in [6.07, 6.45) is 0. The summed E-state index contributed by atoms with van der Waals surface area (Å²) in [5.74, 6) is -0.297. The lowest BCUT2D eigenvalue weighted by molar-refractivity contribution is -0.122. The van der Waals surface area contributed by atoms with Crippen LogP contribution in [0.4, 0.5) is 0 Å². The van der Waals surface area contributed by atoms with Gasteiger partial charge in [0.1, 0.15) is 10.6 Å². The maximum atomic E-state index is 13.0. The van der Waals surface area contributed by atoms with Crippen LogP contribution in [-0.4, -0.2) is 27.0 Å². The first kappa shape index (κ1) is 23.8.